The van der Waals surface area contributed by atoms with Gasteiger partial charge in [-0.25, -0.2) is 0 Å². The van der Waals surface area contributed by atoms with Crippen LogP contribution in [0.1, 0.15) is 30.4 Å². The maximum atomic E-state index is 13.0. The number of carbonyl (C=O) groups excluding carboxylic acids is 3. The number of nitrogens with zero attached hydrogens (tertiary/aromatic N) is 1. The van der Waals surface area contributed by atoms with Gasteiger partial charge in [0, 0.05) is 30.4 Å². The van der Waals surface area contributed by atoms with Crippen LogP contribution in [0.2, 0.25) is 0 Å². The summed E-state index contributed by atoms with van der Waals surface area (Å²) in [6, 6.07) is 10.5. The number of fused-ring (bicyclic) bond motifs is 1. The topological polar surface area (TPSA) is 145 Å². The third-order valence-corrected chi connectivity index (χ3v) is 5.19. The molecular formula is C23H19F3N6O4. The number of benzene rings is 2. The normalized spacial score (nSPS) is 14.9. The van der Waals surface area contributed by atoms with Gasteiger partial charge in [0.25, 0.3) is 5.56 Å². The molecule has 2 heterocycles. The van der Waals surface area contributed by atoms with Crippen molar-refractivity contribution in [3.8, 4) is 0 Å². The fraction of sp³-hybridized carbons (Fsp3) is 0.174. The number of nitrogens with one attached hydrogen (secondary N) is 5. The van der Waals surface area contributed by atoms with E-state index in [2.05, 4.69) is 31.2 Å². The monoisotopic (exact) mass is 500 g/mol. The van der Waals surface area contributed by atoms with Crippen molar-refractivity contribution in [3.63, 3.8) is 0 Å². The minimum absolute atomic E-state index is 0.00654. The number of hydrogen-bond acceptors (Lipinski definition) is 6. The van der Waals surface area contributed by atoms with Crippen molar-refractivity contribution in [1.29, 1.82) is 0 Å². The molecule has 0 aliphatic carbocycles. The molecule has 0 radical (unpaired) electrons. The standard InChI is InChI=1S/C23H19F3N6O4/c1-11(33)27-13-5-7-14(8-6-13)28-20(35)16-10-17(34)30-19-18(16)21(36)32-22(31-19)29-15-4-2-3-12(9-15)23(24,25)26/h2-9,16H,10H2,1H3,(H,27,33)(H,28,35)(H3,29,30,31,32,34,36)/t16-/m0/s1. The quantitative estimate of drug-likeness (QED) is 0.362. The van der Waals surface area contributed by atoms with E-state index < -0.39 is 35.0 Å². The van der Waals surface area contributed by atoms with Gasteiger partial charge in [-0.2, -0.15) is 18.2 Å². The Morgan fingerprint density at radius 2 is 1.67 bits per heavy atom. The summed E-state index contributed by atoms with van der Waals surface area (Å²) in [5.74, 6) is -3.01. The van der Waals surface area contributed by atoms with Crippen molar-refractivity contribution in [2.75, 3.05) is 21.3 Å². The number of carbonyl (C=O) groups is 3. The molecule has 5 N–H and O–H groups in total. The molecule has 3 amide bonds. The van der Waals surface area contributed by atoms with Gasteiger partial charge in [0.15, 0.2) is 0 Å². The van der Waals surface area contributed by atoms with Gasteiger partial charge in [-0.1, -0.05) is 6.07 Å². The summed E-state index contributed by atoms with van der Waals surface area (Å²) in [6.07, 6.45) is -4.87. The highest BCUT2D eigenvalue weighted by Crippen LogP contribution is 2.32. The number of anilines is 5. The number of hydrogen-bond donors (Lipinski definition) is 5. The van der Waals surface area contributed by atoms with Crippen LogP contribution in [0.4, 0.5) is 42.0 Å². The molecule has 4 rings (SSSR count). The van der Waals surface area contributed by atoms with Crippen molar-refractivity contribution in [2.24, 2.45) is 0 Å². The van der Waals surface area contributed by atoms with Gasteiger partial charge in [-0.15, -0.1) is 0 Å². The maximum absolute atomic E-state index is 13.0. The van der Waals surface area contributed by atoms with E-state index in [0.717, 1.165) is 12.1 Å². The number of aromatic nitrogens is 2. The lowest BCUT2D eigenvalue weighted by Crippen LogP contribution is -2.36. The lowest BCUT2D eigenvalue weighted by molar-refractivity contribution is -0.137. The molecule has 0 fully saturated rings. The summed E-state index contributed by atoms with van der Waals surface area (Å²) in [5, 5.41) is 10.2. The highest BCUT2D eigenvalue weighted by atomic mass is 19.4. The van der Waals surface area contributed by atoms with E-state index >= 15 is 0 Å². The van der Waals surface area contributed by atoms with Crippen molar-refractivity contribution < 1.29 is 27.6 Å². The van der Waals surface area contributed by atoms with E-state index in [4.69, 9.17) is 0 Å². The molecule has 1 aliphatic heterocycles. The zero-order valence-electron chi connectivity index (χ0n) is 18.6. The molecule has 1 atom stereocenters. The van der Waals surface area contributed by atoms with Crippen LogP contribution in [0.5, 0.6) is 0 Å². The summed E-state index contributed by atoms with van der Waals surface area (Å²) >= 11 is 0. The summed E-state index contributed by atoms with van der Waals surface area (Å²) in [4.78, 5) is 55.6. The molecule has 0 unspecified atom stereocenters. The summed E-state index contributed by atoms with van der Waals surface area (Å²) in [6.45, 7) is 1.35. The van der Waals surface area contributed by atoms with E-state index in [1.54, 1.807) is 12.1 Å². The Bertz CT molecular complexity index is 1400. The Morgan fingerprint density at radius 1 is 1.00 bits per heavy atom. The van der Waals surface area contributed by atoms with Gasteiger partial charge in [-0.05, 0) is 42.5 Å². The minimum atomic E-state index is -4.56. The second kappa shape index (κ2) is 9.52. The minimum Gasteiger partial charge on any atom is -0.326 e. The average Bonchev–Trinajstić information content (AvgIpc) is 2.79. The molecule has 186 valence electrons. The van der Waals surface area contributed by atoms with Crippen LogP contribution >= 0.6 is 0 Å². The number of halogens is 3. The molecule has 36 heavy (non-hydrogen) atoms. The Hall–Kier alpha value is -4.68. The van der Waals surface area contributed by atoms with E-state index in [0.29, 0.717) is 11.4 Å². The molecule has 0 spiro atoms. The summed E-state index contributed by atoms with van der Waals surface area (Å²) in [7, 11) is 0. The second-order valence-corrected chi connectivity index (χ2v) is 7.93. The number of amides is 3. The number of aromatic amines is 1. The third kappa shape index (κ3) is 5.51. The predicted molar refractivity (Wildman–Crippen MR) is 125 cm³/mol. The van der Waals surface area contributed by atoms with Crippen molar-refractivity contribution in [1.82, 2.24) is 9.97 Å². The molecule has 1 aromatic heterocycles. The first-order valence-corrected chi connectivity index (χ1v) is 10.6. The molecule has 10 nitrogen and oxygen atoms in total. The first-order chi connectivity index (χ1) is 17.0. The number of H-pyrrole nitrogens is 1. The molecule has 3 aromatic rings. The zero-order chi connectivity index (χ0) is 26.0. The first-order valence-electron chi connectivity index (χ1n) is 10.6. The Morgan fingerprint density at radius 3 is 2.31 bits per heavy atom. The maximum Gasteiger partial charge on any atom is 0.416 e. The van der Waals surface area contributed by atoms with Crippen molar-refractivity contribution in [2.45, 2.75) is 25.4 Å². The fourth-order valence-electron chi connectivity index (χ4n) is 3.63. The van der Waals surface area contributed by atoms with Crippen LogP contribution in [0.25, 0.3) is 0 Å². The Labute approximate surface area is 201 Å². The molecule has 0 bridgehead atoms. The highest BCUT2D eigenvalue weighted by Gasteiger charge is 2.35. The van der Waals surface area contributed by atoms with Crippen LogP contribution < -0.4 is 26.8 Å². The second-order valence-electron chi connectivity index (χ2n) is 7.93. The number of rotatable bonds is 5. The molecule has 2 aromatic carbocycles. The van der Waals surface area contributed by atoms with Gasteiger partial charge in [0.2, 0.25) is 23.7 Å². The first kappa shape index (κ1) is 24.4. The lowest BCUT2D eigenvalue weighted by atomic mass is 9.92. The van der Waals surface area contributed by atoms with Crippen LogP contribution in [0, 0.1) is 0 Å². The number of alkyl halides is 3. The van der Waals surface area contributed by atoms with E-state index in [9.17, 15) is 32.3 Å². The lowest BCUT2D eigenvalue weighted by Gasteiger charge is -2.23. The SMILES string of the molecule is CC(=O)Nc1ccc(NC(=O)[C@H]2CC(=O)Nc3nc(Nc4cccc(C(F)(F)F)c4)[nH]c(=O)c32)cc1. The average molecular weight is 500 g/mol. The third-order valence-electron chi connectivity index (χ3n) is 5.19. The zero-order valence-corrected chi connectivity index (χ0v) is 18.6. The molecule has 0 saturated heterocycles. The van der Waals surface area contributed by atoms with E-state index in [1.807, 2.05) is 0 Å². The van der Waals surface area contributed by atoms with Gasteiger partial charge >= 0.3 is 6.18 Å². The van der Waals surface area contributed by atoms with Crippen LogP contribution in [0.15, 0.2) is 53.3 Å². The fourth-order valence-corrected chi connectivity index (χ4v) is 3.63. The van der Waals surface area contributed by atoms with Crippen molar-refractivity contribution >= 4 is 46.5 Å². The summed E-state index contributed by atoms with van der Waals surface area (Å²) < 4.78 is 38.9. The van der Waals surface area contributed by atoms with Gasteiger partial charge in [0.05, 0.1) is 17.0 Å². The van der Waals surface area contributed by atoms with Crippen LogP contribution in [-0.2, 0) is 20.6 Å². The van der Waals surface area contributed by atoms with Crippen LogP contribution in [0.3, 0.4) is 0 Å². The van der Waals surface area contributed by atoms with Gasteiger partial charge < -0.3 is 21.3 Å². The largest absolute Gasteiger partial charge is 0.416 e. The smallest absolute Gasteiger partial charge is 0.326 e. The van der Waals surface area contributed by atoms with E-state index in [1.165, 1.54) is 31.2 Å². The highest BCUT2D eigenvalue weighted by molar-refractivity contribution is 6.04. The van der Waals surface area contributed by atoms with Crippen molar-refractivity contribution in [3.05, 3.63) is 70.0 Å². The molecule has 1 aliphatic rings. The Kier molecular flexibility index (Phi) is 6.47. The summed E-state index contributed by atoms with van der Waals surface area (Å²) in [5.41, 5.74) is -0.833. The van der Waals surface area contributed by atoms with Crippen LogP contribution in [-0.4, -0.2) is 27.7 Å². The predicted octanol–water partition coefficient (Wildman–Crippen LogP) is 3.56. The van der Waals surface area contributed by atoms with Gasteiger partial charge in [-0.3, -0.25) is 24.2 Å². The van der Waals surface area contributed by atoms with Gasteiger partial charge in [0.1, 0.15) is 5.82 Å². The molecule has 13 heteroatoms. The molecular weight excluding hydrogens is 481 g/mol. The molecule has 0 saturated carbocycles. The Balaban J connectivity index is 1.57. The van der Waals surface area contributed by atoms with E-state index in [-0.39, 0.29) is 35.3 Å².